The molecule has 1 aromatic carbocycles. The molecule has 1 spiro atoms. The number of hydrogen-bond acceptors (Lipinski definition) is 4. The number of carbonyl (C=O) groups is 1. The van der Waals surface area contributed by atoms with Crippen molar-refractivity contribution in [1.29, 1.82) is 0 Å². The van der Waals surface area contributed by atoms with Crippen molar-refractivity contribution in [1.82, 2.24) is 16.0 Å². The topological polar surface area (TPSA) is 84.0 Å². The Kier molecular flexibility index (Phi) is 11.0. The van der Waals surface area contributed by atoms with E-state index in [9.17, 15) is 4.79 Å². The molecule has 0 saturated heterocycles. The van der Waals surface area contributed by atoms with Gasteiger partial charge in [0.25, 0.3) is 5.91 Å². The minimum Gasteiger partial charge on any atom is -0.484 e. The minimum absolute atomic E-state index is 0. The van der Waals surface area contributed by atoms with Crippen LogP contribution >= 0.6 is 24.0 Å². The second-order valence-corrected chi connectivity index (χ2v) is 8.49. The van der Waals surface area contributed by atoms with Gasteiger partial charge < -0.3 is 25.4 Å². The van der Waals surface area contributed by atoms with E-state index in [-0.39, 0.29) is 41.9 Å². The number of benzene rings is 1. The third-order valence-electron chi connectivity index (χ3n) is 6.57. The van der Waals surface area contributed by atoms with Crippen LogP contribution in [0.5, 0.6) is 5.75 Å². The zero-order valence-corrected chi connectivity index (χ0v) is 21.9. The molecule has 1 aromatic rings. The highest BCUT2D eigenvalue weighted by Gasteiger charge is 2.55. The summed E-state index contributed by atoms with van der Waals surface area (Å²) in [4.78, 5) is 16.0. The van der Waals surface area contributed by atoms with Gasteiger partial charge in [-0.15, -0.1) is 24.0 Å². The van der Waals surface area contributed by atoms with Crippen LogP contribution in [0, 0.1) is 5.41 Å². The fraction of sp³-hybridized carbons (Fsp3) is 0.667. The summed E-state index contributed by atoms with van der Waals surface area (Å²) in [7, 11) is 1.81. The maximum Gasteiger partial charge on any atom is 0.257 e. The van der Waals surface area contributed by atoms with Gasteiger partial charge in [-0.25, -0.2) is 0 Å². The highest BCUT2D eigenvalue weighted by atomic mass is 127. The summed E-state index contributed by atoms with van der Waals surface area (Å²) >= 11 is 0. The van der Waals surface area contributed by atoms with Crippen LogP contribution in [-0.2, 0) is 16.1 Å². The van der Waals surface area contributed by atoms with E-state index in [4.69, 9.17) is 9.47 Å². The Morgan fingerprint density at radius 1 is 1.19 bits per heavy atom. The lowest BCUT2D eigenvalue weighted by Crippen LogP contribution is -2.66. The van der Waals surface area contributed by atoms with Crippen molar-refractivity contribution < 1.29 is 14.3 Å². The molecule has 2 atom stereocenters. The lowest BCUT2D eigenvalue weighted by molar-refractivity contribution is -0.145. The van der Waals surface area contributed by atoms with E-state index in [1.807, 2.05) is 38.2 Å². The molecule has 180 valence electrons. The number of hydrogen-bond donors (Lipinski definition) is 3. The largest absolute Gasteiger partial charge is 0.484 e. The van der Waals surface area contributed by atoms with Gasteiger partial charge in [0, 0.05) is 38.2 Å². The van der Waals surface area contributed by atoms with Gasteiger partial charge in [0.2, 0.25) is 0 Å². The van der Waals surface area contributed by atoms with Crippen LogP contribution < -0.4 is 20.7 Å². The van der Waals surface area contributed by atoms with E-state index < -0.39 is 0 Å². The summed E-state index contributed by atoms with van der Waals surface area (Å²) in [6, 6.07) is 8.20. The molecule has 0 bridgehead atoms. The number of nitrogens with one attached hydrogen (secondary N) is 3. The second-order valence-electron chi connectivity index (χ2n) is 8.49. The van der Waals surface area contributed by atoms with Crippen LogP contribution in [0.15, 0.2) is 29.3 Å². The average molecular weight is 559 g/mol. The first-order valence-electron chi connectivity index (χ1n) is 11.7. The van der Waals surface area contributed by atoms with Crippen LogP contribution in [0.4, 0.5) is 0 Å². The Morgan fingerprint density at radius 3 is 2.66 bits per heavy atom. The summed E-state index contributed by atoms with van der Waals surface area (Å²) in [6.07, 6.45) is 7.78. The van der Waals surface area contributed by atoms with Crippen LogP contribution in [0.25, 0.3) is 0 Å². The van der Waals surface area contributed by atoms with Crippen molar-refractivity contribution in [2.24, 2.45) is 10.4 Å². The van der Waals surface area contributed by atoms with E-state index in [2.05, 4.69) is 27.9 Å². The Balaban J connectivity index is 0.00000363. The van der Waals surface area contributed by atoms with Gasteiger partial charge in [0.15, 0.2) is 12.6 Å². The molecule has 0 aliphatic heterocycles. The lowest BCUT2D eigenvalue weighted by Gasteiger charge is -2.57. The monoisotopic (exact) mass is 558 g/mol. The standard InChI is InChI=1S/C24H38N4O3.HI/c1-4-26-22(29)17-31-19-11-9-10-18(14-19)16-27-23(25-3)28-20-15-21(30-5-2)24(20)12-7-6-8-13-24;/h9-11,14,20-21H,4-8,12-13,15-17H2,1-3H3,(H,26,29)(H2,25,27,28);1H. The van der Waals surface area contributed by atoms with Gasteiger partial charge in [-0.1, -0.05) is 31.4 Å². The van der Waals surface area contributed by atoms with E-state index in [1.54, 1.807) is 0 Å². The molecule has 0 aromatic heterocycles. The van der Waals surface area contributed by atoms with Crippen LogP contribution in [0.3, 0.4) is 0 Å². The Morgan fingerprint density at radius 2 is 1.97 bits per heavy atom. The molecule has 2 fully saturated rings. The number of rotatable bonds is 9. The maximum absolute atomic E-state index is 11.6. The molecule has 7 nitrogen and oxygen atoms in total. The molecule has 2 unspecified atom stereocenters. The zero-order valence-electron chi connectivity index (χ0n) is 19.6. The van der Waals surface area contributed by atoms with Gasteiger partial charge in [-0.05, 0) is 50.8 Å². The summed E-state index contributed by atoms with van der Waals surface area (Å²) < 4.78 is 11.7. The SMILES string of the molecule is CCNC(=O)COc1cccc(CNC(=NC)NC2CC(OCC)C23CCCCC3)c1.I. The van der Waals surface area contributed by atoms with Gasteiger partial charge in [0.1, 0.15) is 5.75 Å². The molecule has 1 amide bonds. The van der Waals surface area contributed by atoms with Crippen molar-refractivity contribution >= 4 is 35.8 Å². The molecule has 0 radical (unpaired) electrons. The second kappa shape index (κ2) is 13.2. The quantitative estimate of drug-likeness (QED) is 0.245. The van der Waals surface area contributed by atoms with Crippen molar-refractivity contribution in [3.05, 3.63) is 29.8 Å². The first-order valence-corrected chi connectivity index (χ1v) is 11.7. The van der Waals surface area contributed by atoms with E-state index in [1.165, 1.54) is 32.1 Å². The number of nitrogens with zero attached hydrogens (tertiary/aromatic N) is 1. The number of aliphatic imine (C=N–C) groups is 1. The molecule has 8 heteroatoms. The van der Waals surface area contributed by atoms with Crippen molar-refractivity contribution in [3.63, 3.8) is 0 Å². The Hall–Kier alpha value is -1.55. The predicted octanol–water partition coefficient (Wildman–Crippen LogP) is 3.61. The van der Waals surface area contributed by atoms with Crippen LogP contribution in [-0.4, -0.2) is 50.8 Å². The average Bonchev–Trinajstić information content (AvgIpc) is 2.80. The summed E-state index contributed by atoms with van der Waals surface area (Å²) in [5, 5.41) is 9.83. The smallest absolute Gasteiger partial charge is 0.257 e. The minimum atomic E-state index is -0.113. The first kappa shape index (κ1) is 26.7. The lowest BCUT2D eigenvalue weighted by atomic mass is 9.55. The number of guanidine groups is 1. The van der Waals surface area contributed by atoms with Gasteiger partial charge in [0.05, 0.1) is 6.10 Å². The molecule has 2 saturated carbocycles. The fourth-order valence-electron chi connectivity index (χ4n) is 4.95. The van der Waals surface area contributed by atoms with E-state index in [0.717, 1.165) is 24.6 Å². The normalized spacial score (nSPS) is 21.8. The van der Waals surface area contributed by atoms with E-state index in [0.29, 0.717) is 31.0 Å². The van der Waals surface area contributed by atoms with Gasteiger partial charge >= 0.3 is 0 Å². The summed E-state index contributed by atoms with van der Waals surface area (Å²) in [6.45, 7) is 6.02. The molecule has 32 heavy (non-hydrogen) atoms. The van der Waals surface area contributed by atoms with Gasteiger partial charge in [-0.2, -0.15) is 0 Å². The molecule has 3 N–H and O–H groups in total. The number of amides is 1. The number of ether oxygens (including phenoxy) is 2. The third-order valence-corrected chi connectivity index (χ3v) is 6.57. The Labute approximate surface area is 209 Å². The van der Waals surface area contributed by atoms with Crippen LogP contribution in [0.1, 0.15) is 57.9 Å². The molecular formula is C24H39IN4O3. The fourth-order valence-corrected chi connectivity index (χ4v) is 4.95. The predicted molar refractivity (Wildman–Crippen MR) is 139 cm³/mol. The number of carbonyl (C=O) groups excluding carboxylic acids is 1. The molecule has 2 aliphatic carbocycles. The van der Waals surface area contributed by atoms with Gasteiger partial charge in [-0.3, -0.25) is 9.79 Å². The first-order chi connectivity index (χ1) is 15.1. The zero-order chi connectivity index (χ0) is 22.1. The van der Waals surface area contributed by atoms with Crippen molar-refractivity contribution in [2.75, 3.05) is 26.8 Å². The summed E-state index contributed by atoms with van der Waals surface area (Å²) in [5.41, 5.74) is 1.32. The molecule has 2 aliphatic rings. The maximum atomic E-state index is 11.6. The highest BCUT2D eigenvalue weighted by molar-refractivity contribution is 14.0. The highest BCUT2D eigenvalue weighted by Crippen LogP contribution is 2.53. The van der Waals surface area contributed by atoms with Crippen molar-refractivity contribution in [2.45, 2.75) is 71.1 Å². The molecule has 3 rings (SSSR count). The van der Waals surface area contributed by atoms with E-state index >= 15 is 0 Å². The third kappa shape index (κ3) is 6.73. The molecule has 0 heterocycles. The number of likely N-dealkylation sites (N-methyl/N-ethyl adjacent to an activating group) is 1. The van der Waals surface area contributed by atoms with Crippen LogP contribution in [0.2, 0.25) is 0 Å². The number of halogens is 1. The van der Waals surface area contributed by atoms with Crippen molar-refractivity contribution in [3.8, 4) is 5.75 Å². The Bertz CT molecular complexity index is 753. The molecular weight excluding hydrogens is 519 g/mol. The summed E-state index contributed by atoms with van der Waals surface area (Å²) in [5.74, 6) is 1.39.